The summed E-state index contributed by atoms with van der Waals surface area (Å²) in [6.07, 6.45) is 0. The van der Waals surface area contributed by atoms with Crippen molar-refractivity contribution in [2.45, 2.75) is 6.61 Å². The van der Waals surface area contributed by atoms with Gasteiger partial charge in [0, 0.05) is 0 Å². The highest BCUT2D eigenvalue weighted by Crippen LogP contribution is 2.24. The molecule has 0 bridgehead atoms. The van der Waals surface area contributed by atoms with E-state index in [1.807, 2.05) is 30.3 Å². The number of nitrogens with one attached hydrogen (secondary N) is 1. The van der Waals surface area contributed by atoms with Crippen LogP contribution in [0.2, 0.25) is 10.0 Å². The molecule has 0 radical (unpaired) electrons. The Kier molecular flexibility index (Phi) is 6.07. The van der Waals surface area contributed by atoms with E-state index < -0.39 is 5.97 Å². The second kappa shape index (κ2) is 8.03. The molecule has 0 aliphatic carbocycles. The van der Waals surface area contributed by atoms with Crippen molar-refractivity contribution in [3.8, 4) is 0 Å². The van der Waals surface area contributed by atoms with Gasteiger partial charge in [-0.2, -0.15) is 5.10 Å². The Morgan fingerprint density at radius 3 is 2.50 bits per heavy atom. The number of rotatable bonds is 5. The zero-order valence-corrected chi connectivity index (χ0v) is 13.5. The van der Waals surface area contributed by atoms with Crippen LogP contribution in [0.1, 0.15) is 5.56 Å². The summed E-state index contributed by atoms with van der Waals surface area (Å²) in [5.74, 6) is -0.724. The van der Waals surface area contributed by atoms with Crippen molar-refractivity contribution < 1.29 is 9.53 Å². The van der Waals surface area contributed by atoms with Crippen LogP contribution in [0.3, 0.4) is 0 Å². The minimum atomic E-state index is -0.724. The molecule has 0 heterocycles. The zero-order chi connectivity index (χ0) is 15.9. The lowest BCUT2D eigenvalue weighted by molar-refractivity contribution is -0.136. The molecule has 2 aromatic carbocycles. The van der Waals surface area contributed by atoms with Crippen molar-refractivity contribution in [3.63, 3.8) is 0 Å². The minimum Gasteiger partial charge on any atom is -0.455 e. The first-order chi connectivity index (χ1) is 10.6. The average Bonchev–Trinajstić information content (AvgIpc) is 2.54. The maximum Gasteiger partial charge on any atom is 0.371 e. The highest BCUT2D eigenvalue weighted by atomic mass is 35.5. The number of carbonyl (C=O) groups is 1. The van der Waals surface area contributed by atoms with E-state index in [0.29, 0.717) is 15.7 Å². The van der Waals surface area contributed by atoms with Crippen LogP contribution in [0.4, 0.5) is 5.69 Å². The third-order valence-electron chi connectivity index (χ3n) is 2.58. The Morgan fingerprint density at radius 1 is 1.09 bits per heavy atom. The number of esters is 1. The van der Waals surface area contributed by atoms with Gasteiger partial charge in [0.1, 0.15) is 6.61 Å². The lowest BCUT2D eigenvalue weighted by Gasteiger charge is -2.05. The first-order valence-electron chi connectivity index (χ1n) is 6.21. The maximum absolute atomic E-state index is 11.7. The smallest absolute Gasteiger partial charge is 0.371 e. The van der Waals surface area contributed by atoms with Gasteiger partial charge in [0.05, 0.1) is 15.7 Å². The van der Waals surface area contributed by atoms with Gasteiger partial charge >= 0.3 is 5.97 Å². The monoisotopic (exact) mass is 356 g/mol. The lowest BCUT2D eigenvalue weighted by Crippen LogP contribution is -2.13. The largest absolute Gasteiger partial charge is 0.455 e. The van der Waals surface area contributed by atoms with E-state index in [-0.39, 0.29) is 11.8 Å². The van der Waals surface area contributed by atoms with Gasteiger partial charge in [-0.05, 0) is 23.8 Å². The molecule has 0 unspecified atom stereocenters. The fourth-order valence-corrected chi connectivity index (χ4v) is 1.90. The van der Waals surface area contributed by atoms with Crippen LogP contribution < -0.4 is 5.43 Å². The Labute approximate surface area is 142 Å². The highest BCUT2D eigenvalue weighted by Gasteiger charge is 2.10. The number of halogens is 3. The Bertz CT molecular complexity index is 690. The summed E-state index contributed by atoms with van der Waals surface area (Å²) in [6, 6.07) is 14.1. The van der Waals surface area contributed by atoms with Crippen molar-refractivity contribution in [3.05, 3.63) is 64.1 Å². The van der Waals surface area contributed by atoms with E-state index in [9.17, 15) is 4.79 Å². The summed E-state index contributed by atoms with van der Waals surface area (Å²) in [5, 5.41) is 4.20. The summed E-state index contributed by atoms with van der Waals surface area (Å²) in [6.45, 7) is 0.123. The highest BCUT2D eigenvalue weighted by molar-refractivity contribution is 6.82. The number of anilines is 1. The van der Waals surface area contributed by atoms with Crippen LogP contribution in [0, 0.1) is 0 Å². The molecule has 0 aliphatic heterocycles. The zero-order valence-electron chi connectivity index (χ0n) is 11.2. The van der Waals surface area contributed by atoms with Crippen molar-refractivity contribution in [1.29, 1.82) is 0 Å². The van der Waals surface area contributed by atoms with Gasteiger partial charge in [0.2, 0.25) is 5.17 Å². The van der Waals surface area contributed by atoms with E-state index in [4.69, 9.17) is 39.5 Å². The van der Waals surface area contributed by atoms with Gasteiger partial charge in [-0.25, -0.2) is 4.79 Å². The second-order valence-electron chi connectivity index (χ2n) is 4.21. The summed E-state index contributed by atoms with van der Waals surface area (Å²) in [5.41, 5.74) is 4.01. The molecule has 114 valence electrons. The lowest BCUT2D eigenvalue weighted by atomic mass is 10.2. The summed E-state index contributed by atoms with van der Waals surface area (Å²) in [7, 11) is 0. The molecule has 22 heavy (non-hydrogen) atoms. The Hall–Kier alpha value is -1.75. The normalized spacial score (nSPS) is 11.1. The molecule has 0 spiro atoms. The number of ether oxygens (including phenoxy) is 1. The van der Waals surface area contributed by atoms with Crippen LogP contribution in [0.5, 0.6) is 0 Å². The third-order valence-corrected chi connectivity index (χ3v) is 3.56. The number of nitrogens with zero attached hydrogens (tertiary/aromatic N) is 1. The summed E-state index contributed by atoms with van der Waals surface area (Å²) < 4.78 is 5.03. The van der Waals surface area contributed by atoms with E-state index in [1.54, 1.807) is 18.2 Å². The number of hydrogen-bond donors (Lipinski definition) is 1. The predicted octanol–water partition coefficient (Wildman–Crippen LogP) is 4.70. The molecule has 0 aliphatic rings. The first-order valence-corrected chi connectivity index (χ1v) is 7.35. The average molecular weight is 358 g/mol. The number of carbonyl (C=O) groups excluding carboxylic acids is 1. The van der Waals surface area contributed by atoms with Crippen LogP contribution in [0.25, 0.3) is 0 Å². The Morgan fingerprint density at radius 2 is 1.82 bits per heavy atom. The molecule has 0 atom stereocenters. The van der Waals surface area contributed by atoms with Gasteiger partial charge in [0.15, 0.2) is 0 Å². The van der Waals surface area contributed by atoms with Crippen molar-refractivity contribution in [2.24, 2.45) is 5.10 Å². The Balaban J connectivity index is 1.90. The van der Waals surface area contributed by atoms with Crippen molar-refractivity contribution in [1.82, 2.24) is 0 Å². The maximum atomic E-state index is 11.7. The number of hydrazone groups is 1. The van der Waals surface area contributed by atoms with E-state index in [2.05, 4.69) is 10.5 Å². The van der Waals surface area contributed by atoms with Gasteiger partial charge in [-0.3, -0.25) is 5.43 Å². The van der Waals surface area contributed by atoms with Crippen molar-refractivity contribution in [2.75, 3.05) is 5.43 Å². The third kappa shape index (κ3) is 4.91. The van der Waals surface area contributed by atoms with E-state index in [1.165, 1.54) is 0 Å². The van der Waals surface area contributed by atoms with Crippen LogP contribution in [0.15, 0.2) is 53.6 Å². The van der Waals surface area contributed by atoms with Crippen LogP contribution in [-0.4, -0.2) is 11.1 Å². The summed E-state index contributed by atoms with van der Waals surface area (Å²) >= 11 is 17.4. The molecule has 0 saturated carbocycles. The van der Waals surface area contributed by atoms with Crippen LogP contribution in [-0.2, 0) is 16.1 Å². The standard InChI is InChI=1S/C15H11Cl3N2O2/c16-12-7-6-11(8-13(12)17)19-20-14(18)15(21)22-9-10-4-2-1-3-5-10/h1-8,19H,9H2/b20-14-. The van der Waals surface area contributed by atoms with Crippen molar-refractivity contribution >= 4 is 51.6 Å². The van der Waals surface area contributed by atoms with E-state index in [0.717, 1.165) is 5.56 Å². The molecule has 1 N–H and O–H groups in total. The summed E-state index contributed by atoms with van der Waals surface area (Å²) in [4.78, 5) is 11.7. The molecule has 4 nitrogen and oxygen atoms in total. The fourth-order valence-electron chi connectivity index (χ4n) is 1.51. The SMILES string of the molecule is O=C(OCc1ccccc1)/C(Cl)=N/Nc1ccc(Cl)c(Cl)c1. The van der Waals surface area contributed by atoms with E-state index >= 15 is 0 Å². The number of benzene rings is 2. The fraction of sp³-hybridized carbons (Fsp3) is 0.0667. The molecule has 0 amide bonds. The van der Waals surface area contributed by atoms with Gasteiger partial charge in [-0.15, -0.1) is 0 Å². The molecular formula is C15H11Cl3N2O2. The molecular weight excluding hydrogens is 347 g/mol. The quantitative estimate of drug-likeness (QED) is 0.479. The molecule has 0 aromatic heterocycles. The van der Waals surface area contributed by atoms with Crippen LogP contribution >= 0.6 is 34.8 Å². The molecule has 0 saturated heterocycles. The molecule has 0 fully saturated rings. The number of hydrogen-bond acceptors (Lipinski definition) is 4. The van der Waals surface area contributed by atoms with Gasteiger partial charge in [-0.1, -0.05) is 65.1 Å². The minimum absolute atomic E-state index is 0.123. The van der Waals surface area contributed by atoms with Gasteiger partial charge < -0.3 is 4.74 Å². The molecule has 2 aromatic rings. The second-order valence-corrected chi connectivity index (χ2v) is 5.38. The molecule has 2 rings (SSSR count). The topological polar surface area (TPSA) is 50.7 Å². The molecule has 7 heteroatoms. The predicted molar refractivity (Wildman–Crippen MR) is 89.6 cm³/mol. The first kappa shape index (κ1) is 16.6. The van der Waals surface area contributed by atoms with Gasteiger partial charge in [0.25, 0.3) is 0 Å².